The van der Waals surface area contributed by atoms with E-state index in [2.05, 4.69) is 10.3 Å². The quantitative estimate of drug-likeness (QED) is 0.298. The van der Waals surface area contributed by atoms with E-state index in [0.29, 0.717) is 5.56 Å². The Morgan fingerprint density at radius 3 is 2.11 bits per heavy atom. The predicted octanol–water partition coefficient (Wildman–Crippen LogP) is 4.37. The number of hydrogen-bond acceptors (Lipinski definition) is 9. The van der Waals surface area contributed by atoms with E-state index in [9.17, 15) is 27.6 Å². The van der Waals surface area contributed by atoms with Gasteiger partial charge in [-0.2, -0.15) is 13.2 Å². The maximum absolute atomic E-state index is 12.9. The van der Waals surface area contributed by atoms with Crippen LogP contribution in [0.1, 0.15) is 55.5 Å². The summed E-state index contributed by atoms with van der Waals surface area (Å²) < 4.78 is 54.0. The molecule has 0 aliphatic carbocycles. The number of carbonyl (C=O) groups excluding carboxylic acids is 3. The number of alkyl halides is 3. The summed E-state index contributed by atoms with van der Waals surface area (Å²) in [4.78, 5) is 41.9. The fourth-order valence-corrected chi connectivity index (χ4v) is 3.78. The molecule has 35 heavy (non-hydrogen) atoms. The molecule has 0 aliphatic rings. The fourth-order valence-electron chi connectivity index (χ4n) is 2.80. The van der Waals surface area contributed by atoms with Crippen LogP contribution in [0, 0.1) is 0 Å². The monoisotopic (exact) mass is 516 g/mol. The first kappa shape index (κ1) is 28.2. The second kappa shape index (κ2) is 11.6. The maximum Gasteiger partial charge on any atom is 0.416 e. The molecule has 0 aliphatic heterocycles. The number of carbonyl (C=O) groups is 3. The summed E-state index contributed by atoms with van der Waals surface area (Å²) in [5, 5.41) is 2.98. The number of thiazole rings is 1. The molecule has 2 aromatic rings. The molecule has 192 valence electrons. The van der Waals surface area contributed by atoms with Crippen molar-refractivity contribution >= 4 is 29.2 Å². The van der Waals surface area contributed by atoms with Crippen LogP contribution in [-0.4, -0.2) is 47.7 Å². The molecule has 1 aromatic carbocycles. The van der Waals surface area contributed by atoms with Gasteiger partial charge < -0.3 is 14.2 Å². The maximum atomic E-state index is 12.9. The number of ether oxygens (including phenoxy) is 3. The number of rotatable bonds is 9. The Bertz CT molecular complexity index is 1050. The lowest BCUT2D eigenvalue weighted by Gasteiger charge is -2.23. The van der Waals surface area contributed by atoms with Gasteiger partial charge in [-0.3, -0.25) is 5.32 Å². The van der Waals surface area contributed by atoms with Crippen LogP contribution < -0.4 is 5.32 Å². The van der Waals surface area contributed by atoms with Crippen molar-refractivity contribution in [1.82, 2.24) is 10.3 Å². The van der Waals surface area contributed by atoms with Gasteiger partial charge in [0.05, 0.1) is 24.5 Å². The second-order valence-electron chi connectivity index (χ2n) is 8.19. The van der Waals surface area contributed by atoms with Gasteiger partial charge in [-0.15, -0.1) is 11.3 Å². The Morgan fingerprint density at radius 2 is 1.60 bits per heavy atom. The highest BCUT2D eigenvalue weighted by atomic mass is 32.1. The summed E-state index contributed by atoms with van der Waals surface area (Å²) in [6.45, 7) is 8.03. The lowest BCUT2D eigenvalue weighted by atomic mass is 10.1. The molecule has 0 bridgehead atoms. The third-order valence-corrected chi connectivity index (χ3v) is 5.38. The fraction of sp³-hybridized carbons (Fsp3) is 0.478. The third-order valence-electron chi connectivity index (χ3n) is 4.26. The van der Waals surface area contributed by atoms with Gasteiger partial charge in [-0.1, -0.05) is 12.1 Å². The topological polar surface area (TPSA) is 104 Å². The van der Waals surface area contributed by atoms with Crippen LogP contribution in [0.3, 0.4) is 0 Å². The molecule has 2 rings (SSSR count). The van der Waals surface area contributed by atoms with E-state index in [1.54, 1.807) is 34.6 Å². The predicted molar refractivity (Wildman–Crippen MR) is 122 cm³/mol. The van der Waals surface area contributed by atoms with Crippen molar-refractivity contribution in [2.75, 3.05) is 13.2 Å². The summed E-state index contributed by atoms with van der Waals surface area (Å²) in [5.74, 6) is -2.42. The second-order valence-corrected chi connectivity index (χ2v) is 9.19. The van der Waals surface area contributed by atoms with Gasteiger partial charge in [-0.05, 0) is 46.8 Å². The number of aromatic nitrogens is 1. The summed E-state index contributed by atoms with van der Waals surface area (Å²) in [6, 6.07) is 2.84. The van der Waals surface area contributed by atoms with Gasteiger partial charge in [0.2, 0.25) is 6.04 Å². The van der Waals surface area contributed by atoms with E-state index in [4.69, 9.17) is 14.2 Å². The molecule has 1 heterocycles. The Kier molecular flexibility index (Phi) is 9.38. The van der Waals surface area contributed by atoms with Crippen molar-refractivity contribution < 1.29 is 41.8 Å². The van der Waals surface area contributed by atoms with Crippen molar-refractivity contribution in [2.24, 2.45) is 0 Å². The highest BCUT2D eigenvalue weighted by molar-refractivity contribution is 7.17. The highest BCUT2D eigenvalue weighted by Crippen LogP contribution is 2.33. The van der Waals surface area contributed by atoms with Crippen molar-refractivity contribution in [1.29, 1.82) is 0 Å². The van der Waals surface area contributed by atoms with Crippen LogP contribution in [0.25, 0.3) is 10.6 Å². The number of hydrogen-bond donors (Lipinski definition) is 1. The first-order valence-electron chi connectivity index (χ1n) is 10.7. The van der Waals surface area contributed by atoms with Gasteiger partial charge in [-0.25, -0.2) is 19.4 Å². The summed E-state index contributed by atoms with van der Waals surface area (Å²) in [6.07, 6.45) is -4.49. The first-order chi connectivity index (χ1) is 16.3. The minimum Gasteiger partial charge on any atom is -0.464 e. The Balaban J connectivity index is 2.36. The van der Waals surface area contributed by atoms with Crippen molar-refractivity contribution in [3.05, 3.63) is 40.4 Å². The van der Waals surface area contributed by atoms with Crippen LogP contribution in [0.5, 0.6) is 0 Å². The van der Waals surface area contributed by atoms with E-state index in [0.717, 1.165) is 23.5 Å². The molecule has 1 aromatic heterocycles. The van der Waals surface area contributed by atoms with Crippen molar-refractivity contribution in [2.45, 2.75) is 59.0 Å². The van der Waals surface area contributed by atoms with Gasteiger partial charge in [0.25, 0.3) is 0 Å². The molecule has 1 atom stereocenters. The SMILES string of the molecule is CCOC(=O)c1sc(-c2ccc(C(F)(F)F)cc2)nc1CNC(C(=O)OCC)C(=O)OC(C)(C)C. The number of esters is 3. The van der Waals surface area contributed by atoms with Crippen LogP contribution in [0.15, 0.2) is 24.3 Å². The van der Waals surface area contributed by atoms with E-state index in [1.807, 2.05) is 0 Å². The van der Waals surface area contributed by atoms with Gasteiger partial charge >= 0.3 is 24.1 Å². The van der Waals surface area contributed by atoms with Crippen LogP contribution in [-0.2, 0) is 36.5 Å². The third kappa shape index (κ3) is 8.03. The Labute approximate surface area is 204 Å². The first-order valence-corrected chi connectivity index (χ1v) is 11.6. The summed E-state index contributed by atoms with van der Waals surface area (Å²) >= 11 is 0.923. The molecule has 12 heteroatoms. The zero-order chi connectivity index (χ0) is 26.4. The van der Waals surface area contributed by atoms with E-state index in [-0.39, 0.29) is 35.3 Å². The minimum atomic E-state index is -4.49. The number of nitrogens with zero attached hydrogens (tertiary/aromatic N) is 1. The van der Waals surface area contributed by atoms with Gasteiger partial charge in [0.15, 0.2) is 0 Å². The zero-order valence-electron chi connectivity index (χ0n) is 19.9. The molecule has 0 fully saturated rings. The van der Waals surface area contributed by atoms with Gasteiger partial charge in [0, 0.05) is 12.1 Å². The van der Waals surface area contributed by atoms with E-state index >= 15 is 0 Å². The summed E-state index contributed by atoms with van der Waals surface area (Å²) in [5.41, 5.74) is -1.18. The minimum absolute atomic E-state index is 0.0304. The average molecular weight is 517 g/mol. The number of benzene rings is 1. The number of nitrogens with one attached hydrogen (secondary N) is 1. The molecule has 1 N–H and O–H groups in total. The lowest BCUT2D eigenvalue weighted by molar-refractivity contribution is -0.165. The van der Waals surface area contributed by atoms with Crippen LogP contribution in [0.4, 0.5) is 13.2 Å². The van der Waals surface area contributed by atoms with Crippen LogP contribution in [0.2, 0.25) is 0 Å². The molecular weight excluding hydrogens is 489 g/mol. The molecule has 0 spiro atoms. The molecule has 0 radical (unpaired) electrons. The molecular formula is C23H27F3N2O6S. The van der Waals surface area contributed by atoms with Gasteiger partial charge in [0.1, 0.15) is 15.5 Å². The Hall–Kier alpha value is -2.99. The van der Waals surface area contributed by atoms with E-state index < -0.39 is 41.3 Å². The molecule has 0 amide bonds. The van der Waals surface area contributed by atoms with Crippen molar-refractivity contribution in [3.63, 3.8) is 0 Å². The molecule has 0 saturated heterocycles. The average Bonchev–Trinajstić information content (AvgIpc) is 3.17. The molecule has 1 unspecified atom stereocenters. The molecule has 0 saturated carbocycles. The number of halogens is 3. The Morgan fingerprint density at radius 1 is 1.00 bits per heavy atom. The normalized spacial score (nSPS) is 12.7. The largest absolute Gasteiger partial charge is 0.464 e. The standard InChI is InChI=1S/C23H27F3N2O6S/c1-6-32-19(29)16(20(30)34-22(3,4)5)27-12-15-17(21(31)33-7-2)35-18(28-15)13-8-10-14(11-9-13)23(24,25)26/h8-11,16,27H,6-7,12H2,1-5H3. The van der Waals surface area contributed by atoms with Crippen LogP contribution >= 0.6 is 11.3 Å². The zero-order valence-corrected chi connectivity index (χ0v) is 20.8. The lowest BCUT2D eigenvalue weighted by Crippen LogP contribution is -2.47. The molecule has 8 nitrogen and oxygen atoms in total. The summed E-state index contributed by atoms with van der Waals surface area (Å²) in [7, 11) is 0. The van der Waals surface area contributed by atoms with E-state index in [1.165, 1.54) is 12.1 Å². The smallest absolute Gasteiger partial charge is 0.416 e. The highest BCUT2D eigenvalue weighted by Gasteiger charge is 2.33. The van der Waals surface area contributed by atoms with Crippen molar-refractivity contribution in [3.8, 4) is 10.6 Å².